The van der Waals surface area contributed by atoms with E-state index in [4.69, 9.17) is 9.84 Å². The highest BCUT2D eigenvalue weighted by Crippen LogP contribution is 2.16. The fourth-order valence-corrected chi connectivity index (χ4v) is 1.29. The van der Waals surface area contributed by atoms with Crippen LogP contribution in [0.15, 0.2) is 24.3 Å². The number of hydrogen-bond acceptors (Lipinski definition) is 4. The fraction of sp³-hybridized carbons (Fsp3) is 0.333. The first-order valence-corrected chi connectivity index (χ1v) is 5.16. The Morgan fingerprint density at radius 3 is 2.65 bits per heavy atom. The Bertz CT molecular complexity index is 413. The molecule has 1 rings (SSSR count). The molecule has 0 amide bonds. The van der Waals surface area contributed by atoms with Crippen LogP contribution in [0.2, 0.25) is 0 Å². The molecular formula is C12H14O5. The van der Waals surface area contributed by atoms with E-state index in [-0.39, 0.29) is 0 Å². The molecule has 0 radical (unpaired) electrons. The van der Waals surface area contributed by atoms with E-state index in [1.807, 2.05) is 0 Å². The molecule has 1 atom stereocenters. The van der Waals surface area contributed by atoms with E-state index in [1.165, 1.54) is 13.2 Å². The summed E-state index contributed by atoms with van der Waals surface area (Å²) in [7, 11) is 1.28. The van der Waals surface area contributed by atoms with E-state index in [0.29, 0.717) is 17.7 Å². The van der Waals surface area contributed by atoms with Gasteiger partial charge in [-0.1, -0.05) is 13.0 Å². The number of carboxylic acid groups (broad SMARTS) is 1. The molecule has 0 spiro atoms. The molecule has 1 unspecified atom stereocenters. The second kappa shape index (κ2) is 5.89. The Balaban J connectivity index is 2.85. The maximum absolute atomic E-state index is 11.3. The highest BCUT2D eigenvalue weighted by Gasteiger charge is 2.17. The minimum Gasteiger partial charge on any atom is -0.479 e. The van der Waals surface area contributed by atoms with Crippen LogP contribution in [0.3, 0.4) is 0 Å². The predicted octanol–water partition coefficient (Wildman–Crippen LogP) is 1.72. The third kappa shape index (κ3) is 3.48. The lowest BCUT2D eigenvalue weighted by molar-refractivity contribution is -0.145. The number of hydrogen-bond donors (Lipinski definition) is 1. The minimum absolute atomic E-state index is 0.324. The van der Waals surface area contributed by atoms with Crippen molar-refractivity contribution in [1.29, 1.82) is 0 Å². The highest BCUT2D eigenvalue weighted by molar-refractivity contribution is 5.89. The second-order valence-corrected chi connectivity index (χ2v) is 3.37. The summed E-state index contributed by atoms with van der Waals surface area (Å²) in [5.74, 6) is -1.18. The van der Waals surface area contributed by atoms with Gasteiger partial charge in [-0.15, -0.1) is 0 Å². The van der Waals surface area contributed by atoms with Gasteiger partial charge in [-0.25, -0.2) is 9.59 Å². The second-order valence-electron chi connectivity index (χ2n) is 3.37. The van der Waals surface area contributed by atoms with Crippen LogP contribution < -0.4 is 4.74 Å². The topological polar surface area (TPSA) is 72.8 Å². The predicted molar refractivity (Wildman–Crippen MR) is 60.1 cm³/mol. The maximum Gasteiger partial charge on any atom is 0.344 e. The summed E-state index contributed by atoms with van der Waals surface area (Å²) in [6, 6.07) is 6.23. The van der Waals surface area contributed by atoms with Gasteiger partial charge in [0.25, 0.3) is 0 Å². The molecule has 0 heterocycles. The van der Waals surface area contributed by atoms with Crippen LogP contribution in [0.4, 0.5) is 0 Å². The van der Waals surface area contributed by atoms with Crippen LogP contribution in [0, 0.1) is 0 Å². The molecule has 0 fully saturated rings. The first kappa shape index (κ1) is 13.0. The molecule has 1 N–H and O–H groups in total. The van der Waals surface area contributed by atoms with E-state index >= 15 is 0 Å². The minimum atomic E-state index is -1.03. The van der Waals surface area contributed by atoms with Crippen LogP contribution in [-0.4, -0.2) is 30.3 Å². The summed E-state index contributed by atoms with van der Waals surface area (Å²) in [6.07, 6.45) is -0.569. The number of benzene rings is 1. The zero-order chi connectivity index (χ0) is 12.8. The molecule has 0 saturated carbocycles. The number of esters is 1. The molecule has 17 heavy (non-hydrogen) atoms. The van der Waals surface area contributed by atoms with Crippen molar-refractivity contribution in [2.75, 3.05) is 7.11 Å². The number of aliphatic carboxylic acids is 1. The fourth-order valence-electron chi connectivity index (χ4n) is 1.29. The van der Waals surface area contributed by atoms with Crippen molar-refractivity contribution in [1.82, 2.24) is 0 Å². The number of ether oxygens (including phenoxy) is 2. The third-order valence-electron chi connectivity index (χ3n) is 2.18. The van der Waals surface area contributed by atoms with Crippen LogP contribution in [0.25, 0.3) is 0 Å². The molecule has 1 aromatic rings. The van der Waals surface area contributed by atoms with Crippen LogP contribution in [-0.2, 0) is 9.53 Å². The Hall–Kier alpha value is -2.04. The van der Waals surface area contributed by atoms with Gasteiger partial charge in [-0.2, -0.15) is 0 Å². The highest BCUT2D eigenvalue weighted by atomic mass is 16.5. The average molecular weight is 238 g/mol. The molecule has 0 aliphatic heterocycles. The van der Waals surface area contributed by atoms with Crippen molar-refractivity contribution >= 4 is 11.9 Å². The van der Waals surface area contributed by atoms with Gasteiger partial charge in [0.05, 0.1) is 12.7 Å². The SMILES string of the molecule is CCC(Oc1cccc(C(=O)OC)c1)C(=O)O. The number of carboxylic acids is 1. The lowest BCUT2D eigenvalue weighted by Crippen LogP contribution is -2.25. The van der Waals surface area contributed by atoms with Crippen molar-refractivity contribution in [2.24, 2.45) is 0 Å². The van der Waals surface area contributed by atoms with Gasteiger partial charge in [-0.3, -0.25) is 0 Å². The quantitative estimate of drug-likeness (QED) is 0.790. The van der Waals surface area contributed by atoms with Gasteiger partial charge in [0, 0.05) is 0 Å². The number of methoxy groups -OCH3 is 1. The lowest BCUT2D eigenvalue weighted by Gasteiger charge is -2.13. The van der Waals surface area contributed by atoms with Gasteiger partial charge in [0.1, 0.15) is 5.75 Å². The van der Waals surface area contributed by atoms with Gasteiger partial charge >= 0.3 is 11.9 Å². The van der Waals surface area contributed by atoms with Crippen molar-refractivity contribution in [2.45, 2.75) is 19.4 Å². The molecule has 0 saturated heterocycles. The summed E-state index contributed by atoms with van der Waals surface area (Å²) in [5, 5.41) is 8.84. The first-order chi connectivity index (χ1) is 8.08. The monoisotopic (exact) mass is 238 g/mol. The standard InChI is InChI=1S/C12H14O5/c1-3-10(11(13)14)17-9-6-4-5-8(7-9)12(15)16-2/h4-7,10H,3H2,1-2H3,(H,13,14). The van der Waals surface area contributed by atoms with Gasteiger partial charge in [0.2, 0.25) is 0 Å². The largest absolute Gasteiger partial charge is 0.479 e. The summed E-state index contributed by atoms with van der Waals surface area (Å²) in [4.78, 5) is 22.1. The maximum atomic E-state index is 11.3. The van der Waals surface area contributed by atoms with E-state index in [2.05, 4.69) is 4.74 Å². The molecule has 1 aromatic carbocycles. The van der Waals surface area contributed by atoms with Crippen molar-refractivity contribution in [3.63, 3.8) is 0 Å². The Kier molecular flexibility index (Phi) is 4.51. The Morgan fingerprint density at radius 2 is 2.12 bits per heavy atom. The Morgan fingerprint density at radius 1 is 1.41 bits per heavy atom. The first-order valence-electron chi connectivity index (χ1n) is 5.16. The molecule has 5 heteroatoms. The third-order valence-corrected chi connectivity index (χ3v) is 2.18. The summed E-state index contributed by atoms with van der Waals surface area (Å²) in [5.41, 5.74) is 0.324. The number of carbonyl (C=O) groups excluding carboxylic acids is 1. The van der Waals surface area contributed by atoms with Crippen molar-refractivity contribution in [3.05, 3.63) is 29.8 Å². The smallest absolute Gasteiger partial charge is 0.344 e. The summed E-state index contributed by atoms with van der Waals surface area (Å²) < 4.78 is 9.81. The van der Waals surface area contributed by atoms with Gasteiger partial charge in [-0.05, 0) is 24.6 Å². The zero-order valence-corrected chi connectivity index (χ0v) is 9.67. The van der Waals surface area contributed by atoms with Gasteiger partial charge in [0.15, 0.2) is 6.10 Å². The average Bonchev–Trinajstić information content (AvgIpc) is 2.34. The molecule has 5 nitrogen and oxygen atoms in total. The zero-order valence-electron chi connectivity index (χ0n) is 9.67. The molecule has 0 aliphatic rings. The summed E-state index contributed by atoms with van der Waals surface area (Å²) in [6.45, 7) is 1.71. The number of rotatable bonds is 5. The van der Waals surface area contributed by atoms with E-state index < -0.39 is 18.0 Å². The van der Waals surface area contributed by atoms with Crippen molar-refractivity contribution in [3.8, 4) is 5.75 Å². The van der Waals surface area contributed by atoms with Crippen molar-refractivity contribution < 1.29 is 24.2 Å². The molecule has 0 bridgehead atoms. The lowest BCUT2D eigenvalue weighted by atomic mass is 10.2. The van der Waals surface area contributed by atoms with Gasteiger partial charge < -0.3 is 14.6 Å². The molecule has 0 aliphatic carbocycles. The van der Waals surface area contributed by atoms with Crippen LogP contribution in [0.1, 0.15) is 23.7 Å². The van der Waals surface area contributed by atoms with E-state index in [9.17, 15) is 9.59 Å². The Labute approximate surface area is 99.0 Å². The van der Waals surface area contributed by atoms with Crippen LogP contribution >= 0.6 is 0 Å². The molecule has 92 valence electrons. The molecule has 0 aromatic heterocycles. The number of carbonyl (C=O) groups is 2. The van der Waals surface area contributed by atoms with E-state index in [0.717, 1.165) is 0 Å². The summed E-state index contributed by atoms with van der Waals surface area (Å²) >= 11 is 0. The molecular weight excluding hydrogens is 224 g/mol. The van der Waals surface area contributed by atoms with Crippen LogP contribution in [0.5, 0.6) is 5.75 Å². The van der Waals surface area contributed by atoms with E-state index in [1.54, 1.807) is 25.1 Å². The normalized spacial score (nSPS) is 11.6.